The number of allylic oxidation sites excluding steroid dienone is 1. The van der Waals surface area contributed by atoms with E-state index in [-0.39, 0.29) is 5.75 Å². The summed E-state index contributed by atoms with van der Waals surface area (Å²) in [7, 11) is 0. The summed E-state index contributed by atoms with van der Waals surface area (Å²) < 4.78 is 1.96. The molecular formula is C21H19Cl2N3O2. The highest BCUT2D eigenvalue weighted by Gasteiger charge is 2.12. The molecule has 5 nitrogen and oxygen atoms in total. The number of amides is 1. The molecule has 0 unspecified atom stereocenters. The molecule has 3 aromatic rings. The van der Waals surface area contributed by atoms with Gasteiger partial charge in [-0.05, 0) is 42.3 Å². The summed E-state index contributed by atoms with van der Waals surface area (Å²) >= 11 is 12.3. The predicted molar refractivity (Wildman–Crippen MR) is 112 cm³/mol. The van der Waals surface area contributed by atoms with Gasteiger partial charge in [-0.25, -0.2) is 4.98 Å². The zero-order chi connectivity index (χ0) is 20.1. The number of aromatic nitrogens is 2. The Morgan fingerprint density at radius 1 is 1.14 bits per heavy atom. The molecule has 7 heteroatoms. The molecule has 0 atom stereocenters. The average Bonchev–Trinajstić information content (AvgIpc) is 3.03. The number of primary amides is 1. The van der Waals surface area contributed by atoms with Gasteiger partial charge in [-0.15, -0.1) is 0 Å². The molecule has 144 valence electrons. The van der Waals surface area contributed by atoms with Crippen LogP contribution in [0.15, 0.2) is 60.8 Å². The first-order chi connectivity index (χ1) is 13.4. The number of nitrogens with zero attached hydrogens (tertiary/aromatic N) is 2. The van der Waals surface area contributed by atoms with Crippen LogP contribution >= 0.6 is 23.2 Å². The molecule has 3 N–H and O–H groups in total. The summed E-state index contributed by atoms with van der Waals surface area (Å²) in [5.41, 5.74) is 7.78. The van der Waals surface area contributed by atoms with Crippen molar-refractivity contribution in [1.82, 2.24) is 9.55 Å². The first-order valence-corrected chi connectivity index (χ1v) is 9.43. The van der Waals surface area contributed by atoms with Crippen molar-refractivity contribution in [3.05, 3.63) is 82.2 Å². The maximum atomic E-state index is 11.0. The molecule has 0 aliphatic rings. The second kappa shape index (κ2) is 8.95. The number of nitrogens with two attached hydrogens (primary N) is 1. The average molecular weight is 416 g/mol. The van der Waals surface area contributed by atoms with Crippen molar-refractivity contribution >= 4 is 29.1 Å². The summed E-state index contributed by atoms with van der Waals surface area (Å²) in [6, 6.07) is 12.4. The van der Waals surface area contributed by atoms with Gasteiger partial charge in [-0.3, -0.25) is 4.79 Å². The summed E-state index contributed by atoms with van der Waals surface area (Å²) in [5, 5.41) is 10.5. The number of benzene rings is 2. The first-order valence-electron chi connectivity index (χ1n) is 8.68. The van der Waals surface area contributed by atoms with Crippen LogP contribution in [0.3, 0.4) is 0 Å². The zero-order valence-corrected chi connectivity index (χ0v) is 16.5. The van der Waals surface area contributed by atoms with Crippen molar-refractivity contribution in [2.75, 3.05) is 0 Å². The molecule has 28 heavy (non-hydrogen) atoms. The van der Waals surface area contributed by atoms with Gasteiger partial charge in [0.2, 0.25) is 5.91 Å². The second-order valence-corrected chi connectivity index (χ2v) is 7.13. The van der Waals surface area contributed by atoms with E-state index in [1.807, 2.05) is 29.0 Å². The van der Waals surface area contributed by atoms with E-state index in [0.717, 1.165) is 29.1 Å². The Morgan fingerprint density at radius 2 is 1.89 bits per heavy atom. The molecule has 2 aromatic carbocycles. The van der Waals surface area contributed by atoms with Gasteiger partial charge in [0, 0.05) is 35.8 Å². The Hall–Kier alpha value is -2.76. The molecule has 0 radical (unpaired) electrons. The van der Waals surface area contributed by atoms with Crippen LogP contribution in [0.25, 0.3) is 11.3 Å². The van der Waals surface area contributed by atoms with Crippen molar-refractivity contribution in [2.24, 2.45) is 5.73 Å². The number of phenols is 1. The monoisotopic (exact) mass is 415 g/mol. The van der Waals surface area contributed by atoms with Crippen molar-refractivity contribution in [3.63, 3.8) is 0 Å². The van der Waals surface area contributed by atoms with Crippen molar-refractivity contribution < 1.29 is 9.90 Å². The second-order valence-electron chi connectivity index (χ2n) is 6.29. The number of phenolic OH excluding ortho intramolecular Hbond substituents is 1. The fourth-order valence-corrected chi connectivity index (χ4v) is 3.35. The normalized spacial score (nSPS) is 11.2. The number of hydrogen-bond donors (Lipinski definition) is 2. The molecular weight excluding hydrogens is 397 g/mol. The minimum Gasteiger partial charge on any atom is -0.508 e. The Balaban J connectivity index is 1.87. The summed E-state index contributed by atoms with van der Waals surface area (Å²) in [4.78, 5) is 15.7. The van der Waals surface area contributed by atoms with E-state index in [1.54, 1.807) is 30.3 Å². The van der Waals surface area contributed by atoms with Crippen LogP contribution in [-0.4, -0.2) is 20.6 Å². The molecule has 1 aromatic heterocycles. The third kappa shape index (κ3) is 5.15. The van der Waals surface area contributed by atoms with Gasteiger partial charge in [0.05, 0.1) is 10.7 Å². The fraction of sp³-hybridized carbons (Fsp3) is 0.143. The van der Waals surface area contributed by atoms with Crippen molar-refractivity contribution in [3.8, 4) is 17.0 Å². The Labute approximate surface area is 173 Å². The van der Waals surface area contributed by atoms with Crippen LogP contribution in [0.5, 0.6) is 5.75 Å². The largest absolute Gasteiger partial charge is 0.508 e. The van der Waals surface area contributed by atoms with E-state index in [0.29, 0.717) is 23.0 Å². The van der Waals surface area contributed by atoms with Gasteiger partial charge in [0.25, 0.3) is 0 Å². The van der Waals surface area contributed by atoms with Crippen molar-refractivity contribution in [2.45, 2.75) is 19.4 Å². The Morgan fingerprint density at radius 3 is 2.57 bits per heavy atom. The zero-order valence-electron chi connectivity index (χ0n) is 15.0. The van der Waals surface area contributed by atoms with Crippen molar-refractivity contribution in [1.29, 1.82) is 0 Å². The summed E-state index contributed by atoms with van der Waals surface area (Å²) in [5.74, 6) is 0.594. The summed E-state index contributed by atoms with van der Waals surface area (Å²) in [6.07, 6.45) is 6.36. The highest BCUT2D eigenvalue weighted by atomic mass is 35.5. The highest BCUT2D eigenvalue weighted by molar-refractivity contribution is 6.36. The molecule has 0 spiro atoms. The number of hydrogen-bond acceptors (Lipinski definition) is 3. The lowest BCUT2D eigenvalue weighted by molar-refractivity contribution is -0.113. The quantitative estimate of drug-likeness (QED) is 0.561. The van der Waals surface area contributed by atoms with Gasteiger partial charge >= 0.3 is 0 Å². The number of carbonyl (C=O) groups excluding carboxylic acids is 1. The SMILES string of the molecule is NC(=O)C=CCn1cc(-c2ccc(Cl)cc2Cl)nc1CCc1ccc(O)cc1. The topological polar surface area (TPSA) is 81.1 Å². The molecule has 0 saturated carbocycles. The molecule has 0 bridgehead atoms. The molecule has 0 aliphatic heterocycles. The fourth-order valence-electron chi connectivity index (χ4n) is 2.84. The van der Waals surface area contributed by atoms with Gasteiger partial charge in [-0.1, -0.05) is 41.4 Å². The number of aromatic hydroxyl groups is 1. The van der Waals surface area contributed by atoms with E-state index >= 15 is 0 Å². The van der Waals surface area contributed by atoms with Crippen LogP contribution in [0.1, 0.15) is 11.4 Å². The number of aryl methyl sites for hydroxylation is 2. The van der Waals surface area contributed by atoms with Gasteiger partial charge in [-0.2, -0.15) is 0 Å². The minimum absolute atomic E-state index is 0.238. The van der Waals surface area contributed by atoms with E-state index in [4.69, 9.17) is 33.9 Å². The predicted octanol–water partition coefficient (Wildman–Crippen LogP) is 4.39. The highest BCUT2D eigenvalue weighted by Crippen LogP contribution is 2.30. The molecule has 1 amide bonds. The lowest BCUT2D eigenvalue weighted by Crippen LogP contribution is -2.07. The van der Waals surface area contributed by atoms with Gasteiger partial charge < -0.3 is 15.4 Å². The Bertz CT molecular complexity index is 1010. The van der Waals surface area contributed by atoms with Gasteiger partial charge in [0.15, 0.2) is 0 Å². The molecule has 0 saturated heterocycles. The third-order valence-electron chi connectivity index (χ3n) is 4.22. The first kappa shape index (κ1) is 20.0. The number of carbonyl (C=O) groups is 1. The van der Waals surface area contributed by atoms with Crippen LogP contribution in [0.2, 0.25) is 10.0 Å². The molecule has 0 aliphatic carbocycles. The third-order valence-corrected chi connectivity index (χ3v) is 4.77. The number of halogens is 2. The van der Waals surface area contributed by atoms with Crippen LogP contribution in [0.4, 0.5) is 0 Å². The van der Waals surface area contributed by atoms with E-state index in [9.17, 15) is 9.90 Å². The van der Waals surface area contributed by atoms with E-state index < -0.39 is 5.91 Å². The molecule has 3 rings (SSSR count). The minimum atomic E-state index is -0.494. The molecule has 0 fully saturated rings. The van der Waals surface area contributed by atoms with Crippen LogP contribution in [0, 0.1) is 0 Å². The number of imidazole rings is 1. The van der Waals surface area contributed by atoms with Crippen LogP contribution < -0.4 is 5.73 Å². The van der Waals surface area contributed by atoms with E-state index in [2.05, 4.69) is 0 Å². The lowest BCUT2D eigenvalue weighted by Gasteiger charge is -2.05. The number of rotatable bonds is 7. The summed E-state index contributed by atoms with van der Waals surface area (Å²) in [6.45, 7) is 0.464. The maximum Gasteiger partial charge on any atom is 0.241 e. The standard InChI is InChI=1S/C21H19Cl2N3O2/c22-15-6-9-17(18(23)12-15)19-13-26(11-1-2-20(24)28)21(25-19)10-5-14-3-7-16(27)8-4-14/h1-4,6-9,12-13,27H,5,10-11H2,(H2,24,28). The molecule has 1 heterocycles. The van der Waals surface area contributed by atoms with Gasteiger partial charge in [0.1, 0.15) is 11.6 Å². The van der Waals surface area contributed by atoms with E-state index in [1.165, 1.54) is 6.08 Å². The lowest BCUT2D eigenvalue weighted by atomic mass is 10.1. The van der Waals surface area contributed by atoms with Crippen LogP contribution in [-0.2, 0) is 24.2 Å². The smallest absolute Gasteiger partial charge is 0.241 e. The Kier molecular flexibility index (Phi) is 6.39. The maximum absolute atomic E-state index is 11.0.